The highest BCUT2D eigenvalue weighted by Gasteiger charge is 2.11. The number of benzene rings is 2. The van der Waals surface area contributed by atoms with Crippen LogP contribution >= 0.6 is 0 Å². The van der Waals surface area contributed by atoms with Gasteiger partial charge in [-0.3, -0.25) is 4.79 Å². The highest BCUT2D eigenvalue weighted by molar-refractivity contribution is 5.45. The Morgan fingerprint density at radius 2 is 1.85 bits per heavy atom. The summed E-state index contributed by atoms with van der Waals surface area (Å²) in [6, 6.07) is 19.1. The molecule has 3 rings (SSSR count). The van der Waals surface area contributed by atoms with Crippen LogP contribution in [0, 0.1) is 18.3 Å². The molecule has 0 aliphatic rings. The van der Waals surface area contributed by atoms with Crippen molar-refractivity contribution in [3.05, 3.63) is 92.9 Å². The molecule has 1 aromatic heterocycles. The molecule has 0 saturated carbocycles. The summed E-state index contributed by atoms with van der Waals surface area (Å²) >= 11 is 0. The van der Waals surface area contributed by atoms with Gasteiger partial charge in [-0.05, 0) is 42.3 Å². The van der Waals surface area contributed by atoms with Gasteiger partial charge in [-0.2, -0.15) is 5.26 Å². The van der Waals surface area contributed by atoms with Gasteiger partial charge >= 0.3 is 0 Å². The summed E-state index contributed by atoms with van der Waals surface area (Å²) in [6.07, 6.45) is 0.513. The van der Waals surface area contributed by atoms with Gasteiger partial charge in [-0.15, -0.1) is 0 Å². The Labute approximate surface area is 157 Å². The van der Waals surface area contributed by atoms with Gasteiger partial charge in [-0.25, -0.2) is 0 Å². The summed E-state index contributed by atoms with van der Waals surface area (Å²) in [6.45, 7) is 2.27. The number of aromatic amines is 1. The van der Waals surface area contributed by atoms with E-state index < -0.39 is 0 Å². The number of nitrogens with one attached hydrogen (secondary N) is 1. The number of nitriles is 1. The first-order valence-electron chi connectivity index (χ1n) is 8.57. The van der Waals surface area contributed by atoms with Crippen LogP contribution in [0.2, 0.25) is 0 Å². The van der Waals surface area contributed by atoms with Crippen LogP contribution in [-0.2, 0) is 13.0 Å². The fourth-order valence-corrected chi connectivity index (χ4v) is 2.83. The van der Waals surface area contributed by atoms with E-state index in [2.05, 4.69) is 4.98 Å². The number of aryl methyl sites for hydroxylation is 1. The molecule has 0 aliphatic heterocycles. The molecule has 0 fully saturated rings. The molecule has 5 nitrogen and oxygen atoms in total. The molecule has 1 heterocycles. The number of rotatable bonds is 6. The maximum absolute atomic E-state index is 11.8. The van der Waals surface area contributed by atoms with Crippen LogP contribution in [0.3, 0.4) is 0 Å². The Hall–Kier alpha value is -3.52. The van der Waals surface area contributed by atoms with Crippen molar-refractivity contribution in [1.82, 2.24) is 4.98 Å². The summed E-state index contributed by atoms with van der Waals surface area (Å²) in [5.41, 5.74) is 3.32. The second-order valence-electron chi connectivity index (χ2n) is 6.20. The SMILES string of the molecule is COc1ccc(OCc2ccccc2)c(Cc2cc(C#N)c(=O)[nH]c2C)c1. The molecule has 1 N–H and O–H groups in total. The fraction of sp³-hybridized carbons (Fsp3) is 0.182. The van der Waals surface area contributed by atoms with E-state index in [1.54, 1.807) is 13.2 Å². The molecule has 0 unspecified atom stereocenters. The molecule has 0 bridgehead atoms. The van der Waals surface area contributed by atoms with Crippen LogP contribution in [0.1, 0.15) is 27.9 Å². The van der Waals surface area contributed by atoms with Crippen molar-refractivity contribution >= 4 is 0 Å². The quantitative estimate of drug-likeness (QED) is 0.727. The highest BCUT2D eigenvalue weighted by atomic mass is 16.5. The first kappa shape index (κ1) is 18.3. The third-order valence-electron chi connectivity index (χ3n) is 4.35. The second kappa shape index (κ2) is 8.24. The fourth-order valence-electron chi connectivity index (χ4n) is 2.83. The van der Waals surface area contributed by atoms with Gasteiger partial charge in [0.15, 0.2) is 0 Å². The summed E-state index contributed by atoms with van der Waals surface area (Å²) in [4.78, 5) is 14.5. The molecule has 3 aromatic rings. The Balaban J connectivity index is 1.92. The van der Waals surface area contributed by atoms with Crippen molar-refractivity contribution in [3.63, 3.8) is 0 Å². The van der Waals surface area contributed by atoms with E-state index in [9.17, 15) is 4.79 Å². The topological polar surface area (TPSA) is 75.1 Å². The molecular weight excluding hydrogens is 340 g/mol. The van der Waals surface area contributed by atoms with Crippen LogP contribution in [0.25, 0.3) is 0 Å². The molecule has 27 heavy (non-hydrogen) atoms. The van der Waals surface area contributed by atoms with E-state index in [1.165, 1.54) is 0 Å². The van der Waals surface area contributed by atoms with Crippen LogP contribution in [0.15, 0.2) is 59.4 Å². The van der Waals surface area contributed by atoms with Crippen molar-refractivity contribution in [1.29, 1.82) is 5.26 Å². The lowest BCUT2D eigenvalue weighted by molar-refractivity contribution is 0.302. The Kier molecular flexibility index (Phi) is 5.58. The molecule has 136 valence electrons. The molecule has 0 spiro atoms. The number of nitrogens with zero attached hydrogens (tertiary/aromatic N) is 1. The van der Waals surface area contributed by atoms with Crippen LogP contribution < -0.4 is 15.0 Å². The van der Waals surface area contributed by atoms with Crippen molar-refractivity contribution in [2.45, 2.75) is 20.0 Å². The maximum atomic E-state index is 11.8. The molecule has 0 atom stereocenters. The number of aromatic nitrogens is 1. The lowest BCUT2D eigenvalue weighted by Gasteiger charge is -2.14. The highest BCUT2D eigenvalue weighted by Crippen LogP contribution is 2.28. The summed E-state index contributed by atoms with van der Waals surface area (Å²) in [7, 11) is 1.61. The predicted molar refractivity (Wildman–Crippen MR) is 103 cm³/mol. The number of hydrogen-bond donors (Lipinski definition) is 1. The Morgan fingerprint density at radius 3 is 2.56 bits per heavy atom. The lowest BCUT2D eigenvalue weighted by atomic mass is 10.0. The van der Waals surface area contributed by atoms with Crippen molar-refractivity contribution in [2.75, 3.05) is 7.11 Å². The molecule has 0 radical (unpaired) electrons. The zero-order valence-corrected chi connectivity index (χ0v) is 15.3. The van der Waals surface area contributed by atoms with Crippen molar-refractivity contribution in [3.8, 4) is 17.6 Å². The average Bonchev–Trinajstić information content (AvgIpc) is 2.69. The number of ether oxygens (including phenoxy) is 2. The van der Waals surface area contributed by atoms with E-state index in [-0.39, 0.29) is 11.1 Å². The minimum atomic E-state index is -0.370. The number of methoxy groups -OCH3 is 1. The van der Waals surface area contributed by atoms with E-state index in [1.807, 2.05) is 61.5 Å². The van der Waals surface area contributed by atoms with Gasteiger partial charge in [0.05, 0.1) is 7.11 Å². The Bertz CT molecular complexity index is 1030. The van der Waals surface area contributed by atoms with Crippen molar-refractivity contribution in [2.24, 2.45) is 0 Å². The largest absolute Gasteiger partial charge is 0.497 e. The van der Waals surface area contributed by atoms with Gasteiger partial charge < -0.3 is 14.5 Å². The third-order valence-corrected chi connectivity index (χ3v) is 4.35. The summed E-state index contributed by atoms with van der Waals surface area (Å²) in [5.74, 6) is 1.46. The molecule has 2 aromatic carbocycles. The van der Waals surface area contributed by atoms with Gasteiger partial charge in [0.2, 0.25) is 0 Å². The van der Waals surface area contributed by atoms with E-state index in [0.717, 1.165) is 33.9 Å². The molecule has 0 aliphatic carbocycles. The minimum absolute atomic E-state index is 0.102. The lowest BCUT2D eigenvalue weighted by Crippen LogP contribution is -2.13. The third kappa shape index (κ3) is 4.36. The second-order valence-corrected chi connectivity index (χ2v) is 6.20. The number of hydrogen-bond acceptors (Lipinski definition) is 4. The predicted octanol–water partition coefficient (Wildman–Crippen LogP) is 3.73. The van der Waals surface area contributed by atoms with Gasteiger partial charge in [0.25, 0.3) is 5.56 Å². The minimum Gasteiger partial charge on any atom is -0.497 e. The van der Waals surface area contributed by atoms with E-state index in [0.29, 0.717) is 13.0 Å². The monoisotopic (exact) mass is 360 g/mol. The smallest absolute Gasteiger partial charge is 0.266 e. The van der Waals surface area contributed by atoms with Gasteiger partial charge in [0, 0.05) is 17.7 Å². The zero-order valence-electron chi connectivity index (χ0n) is 15.3. The van der Waals surface area contributed by atoms with Crippen LogP contribution in [0.5, 0.6) is 11.5 Å². The van der Waals surface area contributed by atoms with Gasteiger partial charge in [-0.1, -0.05) is 30.3 Å². The van der Waals surface area contributed by atoms with Gasteiger partial charge in [0.1, 0.15) is 29.7 Å². The molecular formula is C22H20N2O3. The standard InChI is InChI=1S/C22H20N2O3/c1-15-17(11-19(13-23)22(25)24-15)10-18-12-20(26-2)8-9-21(18)27-14-16-6-4-3-5-7-16/h3-9,11-12H,10,14H2,1-2H3,(H,24,25). The van der Waals surface area contributed by atoms with Crippen LogP contribution in [-0.4, -0.2) is 12.1 Å². The number of pyridine rings is 1. The average molecular weight is 360 g/mol. The van der Waals surface area contributed by atoms with Crippen LogP contribution in [0.4, 0.5) is 0 Å². The first-order chi connectivity index (χ1) is 13.1. The zero-order chi connectivity index (χ0) is 19.2. The van der Waals surface area contributed by atoms with E-state index in [4.69, 9.17) is 14.7 Å². The molecule has 5 heteroatoms. The van der Waals surface area contributed by atoms with E-state index >= 15 is 0 Å². The maximum Gasteiger partial charge on any atom is 0.266 e. The molecule has 0 amide bonds. The summed E-state index contributed by atoms with van der Waals surface area (Å²) < 4.78 is 11.4. The normalized spacial score (nSPS) is 10.3. The van der Waals surface area contributed by atoms with Crippen molar-refractivity contribution < 1.29 is 9.47 Å². The number of H-pyrrole nitrogens is 1. The molecule has 0 saturated heterocycles. The first-order valence-corrected chi connectivity index (χ1v) is 8.57. The summed E-state index contributed by atoms with van der Waals surface area (Å²) in [5, 5.41) is 9.13. The Morgan fingerprint density at radius 1 is 1.07 bits per heavy atom.